The number of rotatable bonds is 8. The predicted molar refractivity (Wildman–Crippen MR) is 72.5 cm³/mol. The molecule has 0 fully saturated rings. The molecular weight excluding hydrogens is 232 g/mol. The first-order valence-corrected chi connectivity index (χ1v) is 7.05. The van der Waals surface area contributed by atoms with Gasteiger partial charge in [0.15, 0.2) is 5.91 Å². The van der Waals surface area contributed by atoms with Gasteiger partial charge in [-0.25, -0.2) is 0 Å². The van der Waals surface area contributed by atoms with Crippen LogP contribution in [0.15, 0.2) is 30.8 Å². The molecule has 0 bridgehead atoms. The first-order valence-electron chi connectivity index (χ1n) is 5.65. The van der Waals surface area contributed by atoms with Crippen LogP contribution in [0.1, 0.15) is 11.1 Å². The van der Waals surface area contributed by atoms with E-state index in [4.69, 9.17) is 13.9 Å². The summed E-state index contributed by atoms with van der Waals surface area (Å²) in [6, 6.07) is 8.22. The van der Waals surface area contributed by atoms with Gasteiger partial charge in [-0.15, -0.1) is 0 Å². The molecule has 0 aliphatic heterocycles. The summed E-state index contributed by atoms with van der Waals surface area (Å²) in [6.07, 6.45) is 2.77. The lowest BCUT2D eigenvalue weighted by atomic mass is 10.1. The van der Waals surface area contributed by atoms with Crippen LogP contribution in [0.4, 0.5) is 0 Å². The Bertz CT molecular complexity index is 337. The predicted octanol–water partition coefficient (Wildman–Crippen LogP) is 1.55. The highest BCUT2D eigenvalue weighted by Gasteiger charge is 2.06. The fraction of sp³-hybridized carbons (Fsp3) is 0.385. The molecule has 0 aromatic heterocycles. The van der Waals surface area contributed by atoms with Crippen LogP contribution in [-0.2, 0) is 20.3 Å². The minimum atomic E-state index is -0.779. The molecule has 1 aromatic carbocycles. The SMILES string of the molecule is C=Cc1ccccc1CCO[SiH2]C(OC)OC. The highest BCUT2D eigenvalue weighted by atomic mass is 28.2. The third kappa shape index (κ3) is 4.83. The molecule has 1 rings (SSSR count). The van der Waals surface area contributed by atoms with E-state index in [2.05, 4.69) is 18.7 Å². The summed E-state index contributed by atoms with van der Waals surface area (Å²) >= 11 is 0. The van der Waals surface area contributed by atoms with Crippen LogP contribution in [0.5, 0.6) is 0 Å². The standard InChI is InChI=1S/C13H20O3Si/c1-4-11-7-5-6-8-12(11)9-10-16-17-13(14-2)15-3/h4-8,13H,1,9-10,17H2,2-3H3. The average molecular weight is 252 g/mol. The molecule has 0 saturated carbocycles. The van der Waals surface area contributed by atoms with Crippen molar-refractivity contribution in [3.05, 3.63) is 42.0 Å². The van der Waals surface area contributed by atoms with E-state index < -0.39 is 9.76 Å². The maximum atomic E-state index is 5.64. The molecule has 0 radical (unpaired) electrons. The topological polar surface area (TPSA) is 27.7 Å². The second kappa shape index (κ2) is 8.19. The number of hydrogen-bond donors (Lipinski definition) is 0. The molecule has 0 heterocycles. The van der Waals surface area contributed by atoms with Crippen molar-refractivity contribution in [2.75, 3.05) is 20.8 Å². The summed E-state index contributed by atoms with van der Waals surface area (Å²) in [4.78, 5) is 0. The summed E-state index contributed by atoms with van der Waals surface area (Å²) in [5.41, 5.74) is 2.44. The lowest BCUT2D eigenvalue weighted by Gasteiger charge is -2.13. The molecule has 0 N–H and O–H groups in total. The van der Waals surface area contributed by atoms with E-state index in [1.165, 1.54) is 11.1 Å². The Morgan fingerprint density at radius 1 is 1.29 bits per heavy atom. The van der Waals surface area contributed by atoms with Crippen LogP contribution >= 0.6 is 0 Å². The van der Waals surface area contributed by atoms with Gasteiger partial charge in [0.2, 0.25) is 9.76 Å². The molecule has 0 atom stereocenters. The van der Waals surface area contributed by atoms with Crippen LogP contribution in [0.3, 0.4) is 0 Å². The molecule has 0 saturated heterocycles. The van der Waals surface area contributed by atoms with Crippen LogP contribution in [0.2, 0.25) is 0 Å². The molecule has 1 aromatic rings. The van der Waals surface area contributed by atoms with Gasteiger partial charge in [-0.2, -0.15) is 0 Å². The van der Waals surface area contributed by atoms with Gasteiger partial charge in [-0.05, 0) is 17.5 Å². The lowest BCUT2D eigenvalue weighted by molar-refractivity contribution is -0.0526. The summed E-state index contributed by atoms with van der Waals surface area (Å²) in [6.45, 7) is 4.51. The fourth-order valence-electron chi connectivity index (χ4n) is 1.55. The van der Waals surface area contributed by atoms with Gasteiger partial charge >= 0.3 is 0 Å². The third-order valence-electron chi connectivity index (χ3n) is 2.57. The Hall–Kier alpha value is -0.943. The van der Waals surface area contributed by atoms with E-state index in [1.807, 2.05) is 18.2 Å². The number of benzene rings is 1. The second-order valence-corrected chi connectivity index (χ2v) is 5.04. The van der Waals surface area contributed by atoms with Crippen LogP contribution in [-0.4, -0.2) is 36.5 Å². The highest BCUT2D eigenvalue weighted by Crippen LogP contribution is 2.10. The molecule has 4 heteroatoms. The Balaban J connectivity index is 2.33. The van der Waals surface area contributed by atoms with Gasteiger partial charge in [0.1, 0.15) is 0 Å². The summed E-state index contributed by atoms with van der Waals surface area (Å²) in [5.74, 6) is -0.148. The summed E-state index contributed by atoms with van der Waals surface area (Å²) in [7, 11) is 2.49. The van der Waals surface area contributed by atoms with Gasteiger partial charge in [0.05, 0.1) is 0 Å². The molecule has 0 spiro atoms. The summed E-state index contributed by atoms with van der Waals surface area (Å²) < 4.78 is 15.8. The maximum absolute atomic E-state index is 5.64. The molecule has 94 valence electrons. The van der Waals surface area contributed by atoms with E-state index in [-0.39, 0.29) is 5.91 Å². The minimum Gasteiger partial charge on any atom is -0.418 e. The Morgan fingerprint density at radius 2 is 2.00 bits per heavy atom. The largest absolute Gasteiger partial charge is 0.418 e. The van der Waals surface area contributed by atoms with Crippen molar-refractivity contribution in [1.29, 1.82) is 0 Å². The first-order chi connectivity index (χ1) is 8.31. The molecule has 17 heavy (non-hydrogen) atoms. The van der Waals surface area contributed by atoms with Crippen molar-refractivity contribution in [2.45, 2.75) is 12.3 Å². The number of ether oxygens (including phenoxy) is 2. The van der Waals surface area contributed by atoms with Gasteiger partial charge < -0.3 is 13.9 Å². The molecule has 0 amide bonds. The lowest BCUT2D eigenvalue weighted by Crippen LogP contribution is -2.24. The molecule has 0 aliphatic carbocycles. The van der Waals surface area contributed by atoms with Crippen molar-refractivity contribution in [3.63, 3.8) is 0 Å². The van der Waals surface area contributed by atoms with Crippen molar-refractivity contribution in [2.24, 2.45) is 0 Å². The van der Waals surface area contributed by atoms with Gasteiger partial charge in [0.25, 0.3) is 0 Å². The molecule has 0 aliphatic rings. The zero-order valence-electron chi connectivity index (χ0n) is 10.5. The van der Waals surface area contributed by atoms with E-state index >= 15 is 0 Å². The van der Waals surface area contributed by atoms with Crippen LogP contribution in [0, 0.1) is 0 Å². The minimum absolute atomic E-state index is 0.148. The van der Waals surface area contributed by atoms with Gasteiger partial charge in [0, 0.05) is 20.8 Å². The normalized spacial score (nSPS) is 11.5. The molecule has 0 unspecified atom stereocenters. The maximum Gasteiger partial charge on any atom is 0.223 e. The number of hydrogen-bond acceptors (Lipinski definition) is 3. The van der Waals surface area contributed by atoms with Crippen molar-refractivity contribution < 1.29 is 13.9 Å². The van der Waals surface area contributed by atoms with Crippen molar-refractivity contribution >= 4 is 15.8 Å². The Morgan fingerprint density at radius 3 is 2.65 bits per heavy atom. The van der Waals surface area contributed by atoms with E-state index in [0.29, 0.717) is 6.61 Å². The van der Waals surface area contributed by atoms with E-state index in [9.17, 15) is 0 Å². The van der Waals surface area contributed by atoms with Gasteiger partial charge in [-0.1, -0.05) is 36.9 Å². The zero-order chi connectivity index (χ0) is 12.5. The highest BCUT2D eigenvalue weighted by molar-refractivity contribution is 6.28. The van der Waals surface area contributed by atoms with E-state index in [0.717, 1.165) is 6.42 Å². The Kier molecular flexibility index (Phi) is 6.80. The fourth-order valence-corrected chi connectivity index (χ4v) is 2.33. The van der Waals surface area contributed by atoms with Crippen molar-refractivity contribution in [3.8, 4) is 0 Å². The van der Waals surface area contributed by atoms with Gasteiger partial charge in [-0.3, -0.25) is 0 Å². The molecular formula is C13H20O3Si. The quantitative estimate of drug-likeness (QED) is 0.399. The van der Waals surface area contributed by atoms with Crippen LogP contribution < -0.4 is 0 Å². The summed E-state index contributed by atoms with van der Waals surface area (Å²) in [5, 5.41) is 0. The van der Waals surface area contributed by atoms with Crippen molar-refractivity contribution in [1.82, 2.24) is 0 Å². The Labute approximate surface area is 105 Å². The average Bonchev–Trinajstić information content (AvgIpc) is 2.39. The van der Waals surface area contributed by atoms with Crippen LogP contribution in [0.25, 0.3) is 6.08 Å². The number of methoxy groups -OCH3 is 2. The van der Waals surface area contributed by atoms with E-state index in [1.54, 1.807) is 14.2 Å². The zero-order valence-corrected chi connectivity index (χ0v) is 11.9. The first kappa shape index (κ1) is 14.1. The molecule has 3 nitrogen and oxygen atoms in total. The monoisotopic (exact) mass is 252 g/mol. The second-order valence-electron chi connectivity index (χ2n) is 3.63. The third-order valence-corrected chi connectivity index (χ3v) is 4.03. The smallest absolute Gasteiger partial charge is 0.223 e.